The Kier molecular flexibility index (Phi) is 9.45. The van der Waals surface area contributed by atoms with Crippen LogP contribution >= 0.6 is 23.2 Å². The molecule has 0 aliphatic carbocycles. The van der Waals surface area contributed by atoms with E-state index in [4.69, 9.17) is 33.1 Å². The number of hydrogen-bond acceptors (Lipinski definition) is 5. The molecule has 14 heteroatoms. The molecular weight excluding hydrogens is 555 g/mol. The van der Waals surface area contributed by atoms with E-state index in [0.717, 1.165) is 0 Å². The Balaban J connectivity index is 0.000000505. The number of likely N-dealkylation sites (tertiary alicyclic amines) is 1. The van der Waals surface area contributed by atoms with E-state index in [0.29, 0.717) is 67.0 Å². The van der Waals surface area contributed by atoms with E-state index >= 15 is 0 Å². The fourth-order valence-corrected chi connectivity index (χ4v) is 4.81. The zero-order valence-electron chi connectivity index (χ0n) is 19.8. The van der Waals surface area contributed by atoms with Crippen molar-refractivity contribution in [1.82, 2.24) is 15.5 Å². The van der Waals surface area contributed by atoms with Crippen molar-refractivity contribution in [1.29, 1.82) is 0 Å². The van der Waals surface area contributed by atoms with Gasteiger partial charge >= 0.3 is 12.1 Å². The highest BCUT2D eigenvalue weighted by Gasteiger charge is 2.50. The molecule has 0 unspecified atom stereocenters. The third-order valence-corrected chi connectivity index (χ3v) is 6.82. The van der Waals surface area contributed by atoms with Crippen LogP contribution in [0.15, 0.2) is 42.5 Å². The number of halogens is 6. The van der Waals surface area contributed by atoms with E-state index in [2.05, 4.69) is 15.5 Å². The van der Waals surface area contributed by atoms with Crippen molar-refractivity contribution in [2.75, 3.05) is 37.7 Å². The summed E-state index contributed by atoms with van der Waals surface area (Å²) in [5.74, 6) is -3.34. The first-order valence-electron chi connectivity index (χ1n) is 11.4. The van der Waals surface area contributed by atoms with Crippen molar-refractivity contribution < 1.29 is 37.1 Å². The van der Waals surface area contributed by atoms with E-state index in [-0.39, 0.29) is 17.6 Å². The van der Waals surface area contributed by atoms with Crippen LogP contribution in [0.1, 0.15) is 23.2 Å². The second kappa shape index (κ2) is 12.2. The number of carbonyl (C=O) groups excluding carboxylic acids is 2. The Morgan fingerprint density at radius 3 is 2.34 bits per heavy atom. The summed E-state index contributed by atoms with van der Waals surface area (Å²) in [5.41, 5.74) is 0.431. The lowest BCUT2D eigenvalue weighted by Gasteiger charge is -2.43. The van der Waals surface area contributed by atoms with Gasteiger partial charge in [0.25, 0.3) is 5.91 Å². The molecule has 0 atom stereocenters. The van der Waals surface area contributed by atoms with Gasteiger partial charge in [-0.25, -0.2) is 9.18 Å². The van der Waals surface area contributed by atoms with E-state index in [1.807, 2.05) is 11.0 Å². The molecule has 0 saturated carbocycles. The molecule has 8 nitrogen and oxygen atoms in total. The minimum atomic E-state index is -5.08. The summed E-state index contributed by atoms with van der Waals surface area (Å²) in [6.07, 6.45) is -3.82. The van der Waals surface area contributed by atoms with Crippen LogP contribution in [0.3, 0.4) is 0 Å². The number of piperidine rings is 1. The summed E-state index contributed by atoms with van der Waals surface area (Å²) in [7, 11) is 0. The van der Waals surface area contributed by atoms with E-state index in [1.165, 1.54) is 12.1 Å². The number of rotatable bonds is 5. The molecule has 0 bridgehead atoms. The number of aliphatic carboxylic acids is 1. The normalized spacial score (nSPS) is 17.0. The average molecular weight is 579 g/mol. The summed E-state index contributed by atoms with van der Waals surface area (Å²) < 4.78 is 45.5. The topological polar surface area (TPSA) is 102 Å². The fraction of sp³-hybridized carbons (Fsp3) is 0.375. The largest absolute Gasteiger partial charge is 0.490 e. The minimum Gasteiger partial charge on any atom is -0.475 e. The van der Waals surface area contributed by atoms with Gasteiger partial charge in [-0.05, 0) is 49.2 Å². The van der Waals surface area contributed by atoms with Gasteiger partial charge in [0.1, 0.15) is 11.4 Å². The molecule has 2 heterocycles. The second-order valence-corrected chi connectivity index (χ2v) is 9.47. The quantitative estimate of drug-likeness (QED) is 0.465. The first-order valence-corrected chi connectivity index (χ1v) is 12.2. The summed E-state index contributed by atoms with van der Waals surface area (Å²) in [5, 5.41) is 13.7. The number of alkyl halides is 3. The lowest BCUT2D eigenvalue weighted by Crippen LogP contribution is -2.57. The Hall–Kier alpha value is -3.09. The highest BCUT2D eigenvalue weighted by molar-refractivity contribution is 6.36. The van der Waals surface area contributed by atoms with Crippen LogP contribution in [0.25, 0.3) is 0 Å². The number of nitrogens with zero attached hydrogens (tertiary/aromatic N) is 2. The molecule has 3 N–H and O–H groups in total. The molecule has 0 aromatic heterocycles. The molecule has 2 aromatic rings. The van der Waals surface area contributed by atoms with Crippen LogP contribution in [0, 0.1) is 5.82 Å². The SMILES string of the molecule is O=C(NCCN1CCC2(CC1)C(=O)NCN2c1cccc(F)c1)c1ccc(Cl)cc1Cl.O=C(O)C(F)(F)F. The molecule has 2 aliphatic heterocycles. The van der Waals surface area contributed by atoms with Gasteiger partial charge in [-0.15, -0.1) is 0 Å². The van der Waals surface area contributed by atoms with Gasteiger partial charge < -0.3 is 25.5 Å². The predicted octanol–water partition coefficient (Wildman–Crippen LogP) is 3.92. The number of carbonyl (C=O) groups is 3. The van der Waals surface area contributed by atoms with Gasteiger partial charge in [0.15, 0.2) is 0 Å². The van der Waals surface area contributed by atoms with E-state index in [1.54, 1.807) is 24.3 Å². The lowest BCUT2D eigenvalue weighted by molar-refractivity contribution is -0.192. The number of carboxylic acid groups (broad SMARTS) is 1. The molecule has 206 valence electrons. The van der Waals surface area contributed by atoms with Crippen LogP contribution in [0.4, 0.5) is 23.2 Å². The van der Waals surface area contributed by atoms with Gasteiger partial charge in [0, 0.05) is 36.9 Å². The Labute approximate surface area is 225 Å². The summed E-state index contributed by atoms with van der Waals surface area (Å²) >= 11 is 12.0. The van der Waals surface area contributed by atoms with Crippen molar-refractivity contribution in [3.8, 4) is 0 Å². The van der Waals surface area contributed by atoms with Crippen molar-refractivity contribution in [2.45, 2.75) is 24.6 Å². The monoisotopic (exact) mass is 578 g/mol. The Bertz CT molecular complexity index is 1190. The van der Waals surface area contributed by atoms with Gasteiger partial charge in [-0.1, -0.05) is 29.3 Å². The van der Waals surface area contributed by atoms with Crippen LogP contribution in [-0.2, 0) is 9.59 Å². The van der Waals surface area contributed by atoms with E-state index < -0.39 is 17.7 Å². The summed E-state index contributed by atoms with van der Waals surface area (Å²) in [6, 6.07) is 11.1. The van der Waals surface area contributed by atoms with Crippen molar-refractivity contribution in [3.05, 3.63) is 63.9 Å². The molecule has 2 fully saturated rings. The third kappa shape index (κ3) is 7.06. The summed E-state index contributed by atoms with van der Waals surface area (Å²) in [6.45, 7) is 2.91. The van der Waals surface area contributed by atoms with Crippen LogP contribution in [0.5, 0.6) is 0 Å². The molecule has 38 heavy (non-hydrogen) atoms. The number of benzene rings is 2. The summed E-state index contributed by atoms with van der Waals surface area (Å²) in [4.78, 5) is 38.1. The van der Waals surface area contributed by atoms with Gasteiger partial charge in [-0.3, -0.25) is 9.59 Å². The van der Waals surface area contributed by atoms with Gasteiger partial charge in [0.05, 0.1) is 17.3 Å². The number of anilines is 1. The van der Waals surface area contributed by atoms with Crippen LogP contribution in [0.2, 0.25) is 10.0 Å². The zero-order chi connectivity index (χ0) is 28.1. The first-order chi connectivity index (χ1) is 17.8. The maximum atomic E-state index is 13.7. The first kappa shape index (κ1) is 29.5. The Morgan fingerprint density at radius 1 is 1.11 bits per heavy atom. The molecular formula is C24H24Cl2F4N4O4. The maximum Gasteiger partial charge on any atom is 0.490 e. The number of nitrogens with one attached hydrogen (secondary N) is 2. The molecule has 2 aliphatic rings. The predicted molar refractivity (Wildman–Crippen MR) is 133 cm³/mol. The van der Waals surface area contributed by atoms with Gasteiger partial charge in [0.2, 0.25) is 5.91 Å². The number of amides is 2. The van der Waals surface area contributed by atoms with Crippen molar-refractivity contribution in [3.63, 3.8) is 0 Å². The fourth-order valence-electron chi connectivity index (χ4n) is 4.31. The highest BCUT2D eigenvalue weighted by atomic mass is 35.5. The van der Waals surface area contributed by atoms with Gasteiger partial charge in [-0.2, -0.15) is 13.2 Å². The standard InChI is InChI=1S/C22H23Cl2FN4O2.C2HF3O2/c23-15-4-5-18(19(24)12-15)20(30)26-8-11-28-9-6-22(7-10-28)21(31)27-14-29(22)17-3-1-2-16(25)13-17;3-2(4,5)1(6)7/h1-5,12-13H,6-11,14H2,(H,26,30)(H,27,31);(H,6,7). The highest BCUT2D eigenvalue weighted by Crippen LogP contribution is 2.36. The minimum absolute atomic E-state index is 0.0119. The van der Waals surface area contributed by atoms with E-state index in [9.17, 15) is 27.2 Å². The zero-order valence-corrected chi connectivity index (χ0v) is 21.3. The molecule has 1 spiro atoms. The molecule has 2 aromatic carbocycles. The molecule has 4 rings (SSSR count). The molecule has 2 amide bonds. The smallest absolute Gasteiger partial charge is 0.475 e. The average Bonchev–Trinajstić information content (AvgIpc) is 3.15. The lowest BCUT2D eigenvalue weighted by atomic mass is 9.85. The molecule has 0 radical (unpaired) electrons. The van der Waals surface area contributed by atoms with Crippen LogP contribution < -0.4 is 15.5 Å². The van der Waals surface area contributed by atoms with Crippen molar-refractivity contribution in [2.24, 2.45) is 0 Å². The molecule has 2 saturated heterocycles. The second-order valence-electron chi connectivity index (χ2n) is 8.63. The number of hydrogen-bond donors (Lipinski definition) is 3. The van der Waals surface area contributed by atoms with Crippen molar-refractivity contribution >= 4 is 46.7 Å². The number of carboxylic acids is 1. The third-order valence-electron chi connectivity index (χ3n) is 6.27. The van der Waals surface area contributed by atoms with Crippen LogP contribution in [-0.4, -0.2) is 72.4 Å². The maximum absolute atomic E-state index is 13.7. The Morgan fingerprint density at radius 2 is 1.76 bits per heavy atom.